The molecule has 4 rings (SSSR count). The fourth-order valence-corrected chi connectivity index (χ4v) is 4.28. The van der Waals surface area contributed by atoms with Crippen LogP contribution in [0.4, 0.5) is 4.39 Å². The molecule has 3 aromatic rings. The monoisotopic (exact) mass is 418 g/mol. The summed E-state index contributed by atoms with van der Waals surface area (Å²) >= 11 is 0. The predicted molar refractivity (Wildman–Crippen MR) is 114 cm³/mol. The van der Waals surface area contributed by atoms with Gasteiger partial charge in [-0.25, -0.2) is 4.39 Å². The quantitative estimate of drug-likeness (QED) is 0.646. The lowest BCUT2D eigenvalue weighted by molar-refractivity contribution is 0.304. The average Bonchev–Trinajstić information content (AvgIpc) is 3.09. The van der Waals surface area contributed by atoms with Gasteiger partial charge in [0, 0.05) is 11.3 Å². The molecule has 0 fully saturated rings. The maximum absolute atomic E-state index is 13.2. The van der Waals surface area contributed by atoms with E-state index in [4.69, 9.17) is 15.2 Å². The van der Waals surface area contributed by atoms with E-state index in [9.17, 15) is 9.65 Å². The first-order valence-corrected chi connectivity index (χ1v) is 9.92. The topological polar surface area (TPSA) is 97.0 Å². The van der Waals surface area contributed by atoms with Crippen LogP contribution < -0.4 is 15.2 Å². The van der Waals surface area contributed by atoms with E-state index < -0.39 is 5.92 Å². The number of aryl methyl sites for hydroxylation is 3. The molecule has 7 heteroatoms. The van der Waals surface area contributed by atoms with Gasteiger partial charge in [0.15, 0.2) is 0 Å². The van der Waals surface area contributed by atoms with Crippen LogP contribution in [0.3, 0.4) is 0 Å². The molecule has 0 saturated carbocycles. The Hall–Kier alpha value is -3.79. The molecule has 1 aliphatic rings. The average molecular weight is 418 g/mol. The maximum Gasteiger partial charge on any atom is 0.244 e. The molecular weight excluding hydrogens is 395 g/mol. The first-order chi connectivity index (χ1) is 14.8. The minimum absolute atomic E-state index is 0.0648. The van der Waals surface area contributed by atoms with Crippen LogP contribution in [0.1, 0.15) is 45.0 Å². The van der Waals surface area contributed by atoms with E-state index >= 15 is 0 Å². The Morgan fingerprint density at radius 2 is 1.87 bits per heavy atom. The molecule has 2 heterocycles. The van der Waals surface area contributed by atoms with Gasteiger partial charge in [0.25, 0.3) is 0 Å². The van der Waals surface area contributed by atoms with Gasteiger partial charge in [0.05, 0.1) is 5.92 Å². The standard InChI is InChI=1S/C24H23FN4O2/c1-12-9-13(2)20(14(3)19(12)11-30-17-7-5-16(25)6-8-17)22-18(10-26)23(27)31-24-21(22)15(4)28-29-24/h5-9,22H,11,27H2,1-4H3,(H,28,29). The smallest absolute Gasteiger partial charge is 0.244 e. The van der Waals surface area contributed by atoms with Gasteiger partial charge in [-0.1, -0.05) is 6.07 Å². The molecular formula is C24H23FN4O2. The summed E-state index contributed by atoms with van der Waals surface area (Å²) in [5.74, 6) is 0.343. The normalized spacial score (nSPS) is 15.3. The van der Waals surface area contributed by atoms with Crippen molar-refractivity contribution >= 4 is 0 Å². The maximum atomic E-state index is 13.2. The van der Waals surface area contributed by atoms with Crippen molar-refractivity contribution < 1.29 is 13.9 Å². The van der Waals surface area contributed by atoms with Crippen molar-refractivity contribution in [2.24, 2.45) is 5.73 Å². The Bertz CT molecular complexity index is 1240. The highest BCUT2D eigenvalue weighted by atomic mass is 19.1. The van der Waals surface area contributed by atoms with Gasteiger partial charge in [-0.2, -0.15) is 5.26 Å². The largest absolute Gasteiger partial charge is 0.489 e. The lowest BCUT2D eigenvalue weighted by atomic mass is 9.78. The van der Waals surface area contributed by atoms with Crippen LogP contribution in [-0.2, 0) is 6.61 Å². The van der Waals surface area contributed by atoms with Crippen molar-refractivity contribution in [1.29, 1.82) is 5.26 Å². The number of nitrogens with two attached hydrogens (primary N) is 1. The summed E-state index contributed by atoms with van der Waals surface area (Å²) in [5, 5.41) is 17.0. The van der Waals surface area contributed by atoms with Crippen LogP contribution in [0.25, 0.3) is 0 Å². The molecule has 0 radical (unpaired) electrons. The van der Waals surface area contributed by atoms with Gasteiger partial charge in [0.2, 0.25) is 11.8 Å². The summed E-state index contributed by atoms with van der Waals surface area (Å²) in [5.41, 5.74) is 13.2. The number of rotatable bonds is 4. The van der Waals surface area contributed by atoms with Gasteiger partial charge in [-0.15, -0.1) is 5.10 Å². The van der Waals surface area contributed by atoms with Crippen molar-refractivity contribution in [3.63, 3.8) is 0 Å². The number of nitrogens with zero attached hydrogens (tertiary/aromatic N) is 2. The zero-order chi connectivity index (χ0) is 22.3. The molecule has 0 aliphatic carbocycles. The fraction of sp³-hybridized carbons (Fsp3) is 0.250. The van der Waals surface area contributed by atoms with E-state index in [0.29, 0.717) is 23.8 Å². The third kappa shape index (κ3) is 3.50. The molecule has 6 nitrogen and oxygen atoms in total. The van der Waals surface area contributed by atoms with Crippen molar-refractivity contribution in [2.45, 2.75) is 40.2 Å². The Morgan fingerprint density at radius 3 is 2.55 bits per heavy atom. The number of nitriles is 1. The number of hydrogen-bond acceptors (Lipinski definition) is 5. The van der Waals surface area contributed by atoms with Crippen molar-refractivity contribution in [3.8, 4) is 17.7 Å². The molecule has 1 atom stereocenters. The summed E-state index contributed by atoms with van der Waals surface area (Å²) in [4.78, 5) is 0. The molecule has 0 amide bonds. The van der Waals surface area contributed by atoms with Crippen LogP contribution in [0.5, 0.6) is 11.6 Å². The van der Waals surface area contributed by atoms with Crippen LogP contribution in [0.15, 0.2) is 41.8 Å². The van der Waals surface area contributed by atoms with Crippen molar-refractivity contribution in [2.75, 3.05) is 0 Å². The third-order valence-electron chi connectivity index (χ3n) is 5.81. The second-order valence-corrected chi connectivity index (χ2v) is 7.76. The van der Waals surface area contributed by atoms with E-state index in [2.05, 4.69) is 22.3 Å². The lowest BCUT2D eigenvalue weighted by Gasteiger charge is -2.28. The first kappa shape index (κ1) is 20.5. The number of ether oxygens (including phenoxy) is 2. The fourth-order valence-electron chi connectivity index (χ4n) is 4.28. The highest BCUT2D eigenvalue weighted by Crippen LogP contribution is 2.45. The summed E-state index contributed by atoms with van der Waals surface area (Å²) < 4.78 is 24.7. The van der Waals surface area contributed by atoms with E-state index in [-0.39, 0.29) is 11.7 Å². The number of H-pyrrole nitrogens is 1. The van der Waals surface area contributed by atoms with E-state index in [0.717, 1.165) is 39.1 Å². The van der Waals surface area contributed by atoms with Gasteiger partial charge in [-0.05, 0) is 79.8 Å². The molecule has 0 bridgehead atoms. The first-order valence-electron chi connectivity index (χ1n) is 9.92. The summed E-state index contributed by atoms with van der Waals surface area (Å²) in [6, 6.07) is 10.3. The highest BCUT2D eigenvalue weighted by Gasteiger charge is 2.36. The van der Waals surface area contributed by atoms with Crippen LogP contribution in [0.2, 0.25) is 0 Å². The second-order valence-electron chi connectivity index (χ2n) is 7.76. The zero-order valence-corrected chi connectivity index (χ0v) is 17.8. The Kier molecular flexibility index (Phi) is 5.15. The second kappa shape index (κ2) is 7.80. The molecule has 1 aliphatic heterocycles. The van der Waals surface area contributed by atoms with E-state index in [1.807, 2.05) is 27.7 Å². The molecule has 1 unspecified atom stereocenters. The number of fused-ring (bicyclic) bond motifs is 1. The third-order valence-corrected chi connectivity index (χ3v) is 5.81. The molecule has 0 saturated heterocycles. The van der Waals surface area contributed by atoms with Crippen LogP contribution >= 0.6 is 0 Å². The number of benzene rings is 2. The molecule has 31 heavy (non-hydrogen) atoms. The predicted octanol–water partition coefficient (Wildman–Crippen LogP) is 4.58. The van der Waals surface area contributed by atoms with Crippen LogP contribution in [0, 0.1) is 44.8 Å². The summed E-state index contributed by atoms with van der Waals surface area (Å²) in [7, 11) is 0. The zero-order valence-electron chi connectivity index (χ0n) is 17.8. The number of aromatic nitrogens is 2. The van der Waals surface area contributed by atoms with Gasteiger partial charge in [0.1, 0.15) is 29.8 Å². The number of allylic oxidation sites excluding steroid dienone is 1. The number of hydrogen-bond donors (Lipinski definition) is 2. The van der Waals surface area contributed by atoms with Crippen LogP contribution in [-0.4, -0.2) is 10.2 Å². The van der Waals surface area contributed by atoms with Crippen molar-refractivity contribution in [3.05, 3.63) is 86.7 Å². The molecule has 1 aromatic heterocycles. The Balaban J connectivity index is 1.82. The number of nitrogens with one attached hydrogen (secondary N) is 1. The number of halogens is 1. The van der Waals surface area contributed by atoms with Gasteiger partial charge in [-0.3, -0.25) is 5.10 Å². The van der Waals surface area contributed by atoms with Gasteiger partial charge >= 0.3 is 0 Å². The van der Waals surface area contributed by atoms with Crippen molar-refractivity contribution in [1.82, 2.24) is 10.2 Å². The Labute approximate surface area is 180 Å². The summed E-state index contributed by atoms with van der Waals surface area (Å²) in [6.45, 7) is 8.29. The van der Waals surface area contributed by atoms with E-state index in [1.165, 1.54) is 12.1 Å². The Morgan fingerprint density at radius 1 is 1.16 bits per heavy atom. The number of aromatic amines is 1. The lowest BCUT2D eigenvalue weighted by Crippen LogP contribution is -2.22. The molecule has 3 N–H and O–H groups in total. The highest BCUT2D eigenvalue weighted by molar-refractivity contribution is 5.60. The van der Waals surface area contributed by atoms with Gasteiger partial charge < -0.3 is 15.2 Å². The molecule has 2 aromatic carbocycles. The molecule has 158 valence electrons. The SMILES string of the molecule is Cc1cc(C)c(C2C(C#N)=C(N)Oc3n[nH]c(C)c32)c(C)c1COc1ccc(F)cc1. The van der Waals surface area contributed by atoms with E-state index in [1.54, 1.807) is 12.1 Å². The molecule has 0 spiro atoms. The minimum Gasteiger partial charge on any atom is -0.489 e. The summed E-state index contributed by atoms with van der Waals surface area (Å²) in [6.07, 6.45) is 0. The minimum atomic E-state index is -0.391.